The molecule has 0 fully saturated rings. The zero-order valence-electron chi connectivity index (χ0n) is 11.2. The minimum absolute atomic E-state index is 0.468. The molecule has 100 valence electrons. The van der Waals surface area contributed by atoms with E-state index in [0.29, 0.717) is 18.2 Å². The fourth-order valence-electron chi connectivity index (χ4n) is 2.14. The number of nitrogens with two attached hydrogens (primary N) is 1. The number of rotatable bonds is 3. The van der Waals surface area contributed by atoms with Crippen LogP contribution in [0.25, 0.3) is 22.3 Å². The molecule has 0 saturated carbocycles. The van der Waals surface area contributed by atoms with E-state index < -0.39 is 0 Å². The van der Waals surface area contributed by atoms with Crippen molar-refractivity contribution in [3.05, 3.63) is 48.5 Å². The zero-order valence-corrected chi connectivity index (χ0v) is 11.2. The van der Waals surface area contributed by atoms with Crippen molar-refractivity contribution >= 4 is 16.7 Å². The lowest BCUT2D eigenvalue weighted by atomic mass is 10.1. The highest BCUT2D eigenvalue weighted by molar-refractivity contribution is 5.93. The Morgan fingerprint density at radius 3 is 2.55 bits per heavy atom. The molecular weight excluding hydrogens is 250 g/mol. The van der Waals surface area contributed by atoms with Gasteiger partial charge in [-0.15, -0.1) is 0 Å². The van der Waals surface area contributed by atoms with Crippen LogP contribution in [0.15, 0.2) is 48.5 Å². The molecule has 0 radical (unpaired) electrons. The van der Waals surface area contributed by atoms with Crippen LogP contribution in [0.1, 0.15) is 6.92 Å². The second-order valence-corrected chi connectivity index (χ2v) is 4.38. The van der Waals surface area contributed by atoms with Gasteiger partial charge in [0.1, 0.15) is 17.1 Å². The van der Waals surface area contributed by atoms with Crippen LogP contribution in [0.5, 0.6) is 5.75 Å². The average Bonchev–Trinajstić information content (AvgIpc) is 2.49. The summed E-state index contributed by atoms with van der Waals surface area (Å²) in [6, 6.07) is 15.5. The lowest BCUT2D eigenvalue weighted by molar-refractivity contribution is 0.343. The van der Waals surface area contributed by atoms with E-state index in [1.54, 1.807) is 0 Å². The molecule has 4 heteroatoms. The first kappa shape index (κ1) is 12.4. The summed E-state index contributed by atoms with van der Waals surface area (Å²) in [7, 11) is 0. The molecule has 0 aliphatic rings. The fourth-order valence-corrected chi connectivity index (χ4v) is 2.14. The molecule has 0 aliphatic heterocycles. The number of benzene rings is 2. The topological polar surface area (TPSA) is 61.0 Å². The third kappa shape index (κ3) is 2.16. The van der Waals surface area contributed by atoms with Gasteiger partial charge in [-0.3, -0.25) is 0 Å². The van der Waals surface area contributed by atoms with E-state index in [9.17, 15) is 0 Å². The Hall–Kier alpha value is -2.62. The number of para-hydroxylation sites is 1. The Kier molecular flexibility index (Phi) is 3.21. The summed E-state index contributed by atoms with van der Waals surface area (Å²) in [6.07, 6.45) is 0. The van der Waals surface area contributed by atoms with Crippen molar-refractivity contribution in [3.8, 4) is 17.1 Å². The van der Waals surface area contributed by atoms with Crippen LogP contribution in [-0.4, -0.2) is 16.6 Å². The molecule has 1 aromatic heterocycles. The van der Waals surface area contributed by atoms with Crippen molar-refractivity contribution in [1.82, 2.24) is 9.97 Å². The number of aromatic nitrogens is 2. The lowest BCUT2D eigenvalue weighted by Gasteiger charge is -2.09. The number of hydrogen-bond donors (Lipinski definition) is 1. The Bertz CT molecular complexity index is 741. The number of hydrogen-bond acceptors (Lipinski definition) is 4. The molecular formula is C16H15N3O. The van der Waals surface area contributed by atoms with Crippen LogP contribution in [0.3, 0.4) is 0 Å². The van der Waals surface area contributed by atoms with E-state index in [4.69, 9.17) is 10.5 Å². The fraction of sp³-hybridized carbons (Fsp3) is 0.125. The number of fused-ring (bicyclic) bond motifs is 1. The first-order valence-electron chi connectivity index (χ1n) is 6.54. The predicted octanol–water partition coefficient (Wildman–Crippen LogP) is 3.28. The molecule has 0 aliphatic carbocycles. The monoisotopic (exact) mass is 265 g/mol. The summed E-state index contributed by atoms with van der Waals surface area (Å²) in [4.78, 5) is 8.99. The Labute approximate surface area is 117 Å². The highest BCUT2D eigenvalue weighted by Crippen LogP contribution is 2.29. The van der Waals surface area contributed by atoms with Gasteiger partial charge in [0.15, 0.2) is 5.82 Å². The standard InChI is InChI=1S/C16H15N3O/c1-2-20-13-10-6-9-12-14(13)18-16(19-15(12)17)11-7-4-3-5-8-11/h3-10H,2H2,1H3,(H2,17,18,19). The van der Waals surface area contributed by atoms with Gasteiger partial charge in [-0.05, 0) is 19.1 Å². The van der Waals surface area contributed by atoms with Crippen LogP contribution in [0.2, 0.25) is 0 Å². The Morgan fingerprint density at radius 2 is 1.80 bits per heavy atom. The highest BCUT2D eigenvalue weighted by atomic mass is 16.5. The van der Waals surface area contributed by atoms with Crippen LogP contribution in [0.4, 0.5) is 5.82 Å². The van der Waals surface area contributed by atoms with Gasteiger partial charge in [-0.2, -0.15) is 0 Å². The molecule has 0 unspecified atom stereocenters. The van der Waals surface area contributed by atoms with Crippen molar-refractivity contribution in [3.63, 3.8) is 0 Å². The predicted molar refractivity (Wildman–Crippen MR) is 80.6 cm³/mol. The third-order valence-electron chi connectivity index (χ3n) is 3.05. The SMILES string of the molecule is CCOc1cccc2c(N)nc(-c3ccccc3)nc12. The number of ether oxygens (including phenoxy) is 1. The molecule has 2 N–H and O–H groups in total. The van der Waals surface area contributed by atoms with Crippen LogP contribution in [-0.2, 0) is 0 Å². The van der Waals surface area contributed by atoms with Gasteiger partial charge in [0.2, 0.25) is 0 Å². The highest BCUT2D eigenvalue weighted by Gasteiger charge is 2.10. The van der Waals surface area contributed by atoms with E-state index in [1.165, 1.54) is 0 Å². The summed E-state index contributed by atoms with van der Waals surface area (Å²) in [5, 5.41) is 0.815. The molecule has 3 rings (SSSR count). The number of nitrogen functional groups attached to an aromatic ring is 1. The lowest BCUT2D eigenvalue weighted by Crippen LogP contribution is -2.00. The third-order valence-corrected chi connectivity index (χ3v) is 3.05. The van der Waals surface area contributed by atoms with E-state index >= 15 is 0 Å². The van der Waals surface area contributed by atoms with Gasteiger partial charge in [0.25, 0.3) is 0 Å². The zero-order chi connectivity index (χ0) is 13.9. The second kappa shape index (κ2) is 5.17. The first-order chi connectivity index (χ1) is 9.79. The maximum absolute atomic E-state index is 6.05. The number of nitrogens with zero attached hydrogens (tertiary/aromatic N) is 2. The molecule has 0 spiro atoms. The van der Waals surface area contributed by atoms with E-state index in [1.807, 2.05) is 55.5 Å². The number of anilines is 1. The Balaban J connectivity index is 2.24. The van der Waals surface area contributed by atoms with Crippen molar-refractivity contribution in [2.24, 2.45) is 0 Å². The first-order valence-corrected chi connectivity index (χ1v) is 6.54. The second-order valence-electron chi connectivity index (χ2n) is 4.38. The van der Waals surface area contributed by atoms with Crippen molar-refractivity contribution < 1.29 is 4.74 Å². The molecule has 4 nitrogen and oxygen atoms in total. The van der Waals surface area contributed by atoms with Gasteiger partial charge in [-0.1, -0.05) is 36.4 Å². The van der Waals surface area contributed by atoms with Crippen LogP contribution < -0.4 is 10.5 Å². The van der Waals surface area contributed by atoms with Gasteiger partial charge >= 0.3 is 0 Å². The molecule has 2 aromatic carbocycles. The molecule has 0 atom stereocenters. The molecule has 3 aromatic rings. The van der Waals surface area contributed by atoms with Crippen molar-refractivity contribution in [2.45, 2.75) is 6.92 Å². The maximum Gasteiger partial charge on any atom is 0.162 e. The van der Waals surface area contributed by atoms with E-state index in [-0.39, 0.29) is 0 Å². The molecule has 1 heterocycles. The minimum Gasteiger partial charge on any atom is -0.492 e. The van der Waals surface area contributed by atoms with Gasteiger partial charge < -0.3 is 10.5 Å². The van der Waals surface area contributed by atoms with Crippen LogP contribution >= 0.6 is 0 Å². The summed E-state index contributed by atoms with van der Waals surface area (Å²) in [5.41, 5.74) is 7.74. The minimum atomic E-state index is 0.468. The molecule has 0 amide bonds. The summed E-state index contributed by atoms with van der Waals surface area (Å²) >= 11 is 0. The molecule has 0 bridgehead atoms. The van der Waals surface area contributed by atoms with Gasteiger partial charge in [-0.25, -0.2) is 9.97 Å². The van der Waals surface area contributed by atoms with E-state index in [0.717, 1.165) is 22.2 Å². The quantitative estimate of drug-likeness (QED) is 0.789. The summed E-state index contributed by atoms with van der Waals surface area (Å²) in [6.45, 7) is 2.53. The molecule has 0 saturated heterocycles. The smallest absolute Gasteiger partial charge is 0.162 e. The van der Waals surface area contributed by atoms with Gasteiger partial charge in [0.05, 0.1) is 6.61 Å². The van der Waals surface area contributed by atoms with Crippen LogP contribution in [0, 0.1) is 0 Å². The summed E-state index contributed by atoms with van der Waals surface area (Å²) < 4.78 is 5.62. The normalized spacial score (nSPS) is 10.7. The Morgan fingerprint density at radius 1 is 1.00 bits per heavy atom. The largest absolute Gasteiger partial charge is 0.492 e. The maximum atomic E-state index is 6.05. The van der Waals surface area contributed by atoms with Gasteiger partial charge in [0, 0.05) is 10.9 Å². The van der Waals surface area contributed by atoms with Crippen molar-refractivity contribution in [1.29, 1.82) is 0 Å². The average molecular weight is 265 g/mol. The molecule has 20 heavy (non-hydrogen) atoms. The van der Waals surface area contributed by atoms with Crippen molar-refractivity contribution in [2.75, 3.05) is 12.3 Å². The van der Waals surface area contributed by atoms with E-state index in [2.05, 4.69) is 9.97 Å². The summed E-state index contributed by atoms with van der Waals surface area (Å²) in [5.74, 6) is 1.81.